The third-order valence-electron chi connectivity index (χ3n) is 3.29. The summed E-state index contributed by atoms with van der Waals surface area (Å²) in [4.78, 5) is 5.07. The van der Waals surface area contributed by atoms with Gasteiger partial charge in [-0.15, -0.1) is 0 Å². The fraction of sp³-hybridized carbons (Fsp3) is 1.00. The van der Waals surface area contributed by atoms with Gasteiger partial charge in [0.2, 0.25) is 0 Å². The van der Waals surface area contributed by atoms with E-state index in [0.29, 0.717) is 6.04 Å². The smallest absolute Gasteiger partial charge is 0.0223 e. The summed E-state index contributed by atoms with van der Waals surface area (Å²) >= 11 is 0. The van der Waals surface area contributed by atoms with E-state index in [1.54, 1.807) is 0 Å². The number of rotatable bonds is 4. The lowest BCUT2D eigenvalue weighted by molar-refractivity contribution is 0.176. The Hall–Kier alpha value is -0.0800. The van der Waals surface area contributed by atoms with Crippen LogP contribution in [0.4, 0.5) is 0 Å². The first kappa shape index (κ1) is 11.0. The molecular formula is C11H24N2. The molecule has 0 saturated carbocycles. The number of likely N-dealkylation sites (tertiary alicyclic amines) is 1. The van der Waals surface area contributed by atoms with Gasteiger partial charge in [-0.25, -0.2) is 0 Å². The molecule has 1 aliphatic heterocycles. The first-order chi connectivity index (χ1) is 6.15. The van der Waals surface area contributed by atoms with E-state index in [1.165, 1.54) is 32.5 Å². The third kappa shape index (κ3) is 2.96. The molecule has 2 nitrogen and oxygen atoms in total. The molecule has 1 heterocycles. The van der Waals surface area contributed by atoms with Crippen molar-refractivity contribution < 1.29 is 0 Å². The van der Waals surface area contributed by atoms with E-state index in [9.17, 15) is 0 Å². The number of likely N-dealkylation sites (N-methyl/N-ethyl adjacent to an activating group) is 2. The van der Waals surface area contributed by atoms with Gasteiger partial charge in [0, 0.05) is 18.6 Å². The Morgan fingerprint density at radius 2 is 2.15 bits per heavy atom. The second kappa shape index (κ2) is 4.97. The minimum atomic E-state index is 0.680. The molecule has 13 heavy (non-hydrogen) atoms. The summed E-state index contributed by atoms with van der Waals surface area (Å²) in [5.41, 5.74) is 0. The van der Waals surface area contributed by atoms with E-state index in [0.717, 1.165) is 6.04 Å². The van der Waals surface area contributed by atoms with Gasteiger partial charge in [-0.05, 0) is 46.8 Å². The van der Waals surface area contributed by atoms with E-state index in [4.69, 9.17) is 0 Å². The monoisotopic (exact) mass is 184 g/mol. The van der Waals surface area contributed by atoms with Gasteiger partial charge in [0.15, 0.2) is 0 Å². The summed E-state index contributed by atoms with van der Waals surface area (Å²) in [6.07, 6.45) is 2.79. The van der Waals surface area contributed by atoms with Crippen molar-refractivity contribution in [2.45, 2.75) is 45.7 Å². The SMILES string of the molecule is CCN1CCCC1CN(C)C(C)C. The maximum absolute atomic E-state index is 2.61. The first-order valence-corrected chi connectivity index (χ1v) is 5.59. The lowest BCUT2D eigenvalue weighted by Gasteiger charge is -2.29. The van der Waals surface area contributed by atoms with E-state index in [2.05, 4.69) is 37.6 Å². The predicted molar refractivity (Wildman–Crippen MR) is 58.0 cm³/mol. The Morgan fingerprint density at radius 1 is 1.46 bits per heavy atom. The van der Waals surface area contributed by atoms with E-state index in [1.807, 2.05) is 0 Å². The molecule has 0 bridgehead atoms. The van der Waals surface area contributed by atoms with E-state index in [-0.39, 0.29) is 0 Å². The molecule has 0 aromatic heterocycles. The van der Waals surface area contributed by atoms with E-state index < -0.39 is 0 Å². The van der Waals surface area contributed by atoms with Gasteiger partial charge in [0.05, 0.1) is 0 Å². The molecule has 1 rings (SSSR count). The lowest BCUT2D eigenvalue weighted by atomic mass is 10.2. The summed E-state index contributed by atoms with van der Waals surface area (Å²) in [5.74, 6) is 0. The molecule has 1 fully saturated rings. The predicted octanol–water partition coefficient (Wildman–Crippen LogP) is 1.81. The molecular weight excluding hydrogens is 160 g/mol. The van der Waals surface area contributed by atoms with Gasteiger partial charge < -0.3 is 4.90 Å². The summed E-state index contributed by atoms with van der Waals surface area (Å²) in [5, 5.41) is 0. The summed E-state index contributed by atoms with van der Waals surface area (Å²) in [7, 11) is 2.23. The topological polar surface area (TPSA) is 6.48 Å². The average molecular weight is 184 g/mol. The molecule has 78 valence electrons. The maximum atomic E-state index is 2.61. The van der Waals surface area contributed by atoms with Gasteiger partial charge >= 0.3 is 0 Å². The van der Waals surface area contributed by atoms with Crippen molar-refractivity contribution in [1.29, 1.82) is 0 Å². The molecule has 0 radical (unpaired) electrons. The Labute approximate surface area is 82.9 Å². The fourth-order valence-corrected chi connectivity index (χ4v) is 2.06. The lowest BCUT2D eigenvalue weighted by Crippen LogP contribution is -2.41. The Balaban J connectivity index is 2.34. The highest BCUT2D eigenvalue weighted by molar-refractivity contribution is 4.81. The van der Waals surface area contributed by atoms with Crippen molar-refractivity contribution in [2.24, 2.45) is 0 Å². The quantitative estimate of drug-likeness (QED) is 0.657. The summed E-state index contributed by atoms with van der Waals surface area (Å²) in [6.45, 7) is 10.6. The molecule has 0 N–H and O–H groups in total. The van der Waals surface area contributed by atoms with Crippen molar-refractivity contribution in [1.82, 2.24) is 9.80 Å². The second-order valence-electron chi connectivity index (χ2n) is 4.46. The third-order valence-corrected chi connectivity index (χ3v) is 3.29. The van der Waals surface area contributed by atoms with Crippen LogP contribution < -0.4 is 0 Å². The van der Waals surface area contributed by atoms with Crippen molar-refractivity contribution >= 4 is 0 Å². The van der Waals surface area contributed by atoms with E-state index >= 15 is 0 Å². The van der Waals surface area contributed by atoms with Crippen LogP contribution in [-0.4, -0.2) is 48.6 Å². The first-order valence-electron chi connectivity index (χ1n) is 5.59. The molecule has 0 spiro atoms. The van der Waals surface area contributed by atoms with Crippen LogP contribution in [0, 0.1) is 0 Å². The standard InChI is InChI=1S/C11H24N2/c1-5-13-8-6-7-11(13)9-12(4)10(2)3/h10-11H,5-9H2,1-4H3. The van der Waals surface area contributed by atoms with Crippen LogP contribution in [0.25, 0.3) is 0 Å². The van der Waals surface area contributed by atoms with Gasteiger partial charge in [-0.2, -0.15) is 0 Å². The van der Waals surface area contributed by atoms with Gasteiger partial charge in [0.25, 0.3) is 0 Å². The zero-order valence-electron chi connectivity index (χ0n) is 9.58. The van der Waals surface area contributed by atoms with Crippen LogP contribution in [-0.2, 0) is 0 Å². The largest absolute Gasteiger partial charge is 0.302 e. The highest BCUT2D eigenvalue weighted by Crippen LogP contribution is 2.17. The number of nitrogens with zero attached hydrogens (tertiary/aromatic N) is 2. The molecule has 0 aromatic carbocycles. The number of hydrogen-bond donors (Lipinski definition) is 0. The maximum Gasteiger partial charge on any atom is 0.0223 e. The van der Waals surface area contributed by atoms with Crippen LogP contribution in [0.3, 0.4) is 0 Å². The van der Waals surface area contributed by atoms with Gasteiger partial charge in [-0.3, -0.25) is 4.90 Å². The second-order valence-corrected chi connectivity index (χ2v) is 4.46. The van der Waals surface area contributed by atoms with Crippen molar-refractivity contribution in [3.63, 3.8) is 0 Å². The highest BCUT2D eigenvalue weighted by atomic mass is 15.2. The summed E-state index contributed by atoms with van der Waals surface area (Å²) in [6, 6.07) is 1.50. The molecule has 1 saturated heterocycles. The van der Waals surface area contributed by atoms with Gasteiger partial charge in [-0.1, -0.05) is 6.92 Å². The molecule has 2 heteroatoms. The zero-order valence-corrected chi connectivity index (χ0v) is 9.58. The van der Waals surface area contributed by atoms with Crippen molar-refractivity contribution in [3.05, 3.63) is 0 Å². The Morgan fingerprint density at radius 3 is 2.69 bits per heavy atom. The van der Waals surface area contributed by atoms with Crippen molar-refractivity contribution in [3.8, 4) is 0 Å². The zero-order chi connectivity index (χ0) is 9.84. The molecule has 1 aliphatic rings. The van der Waals surface area contributed by atoms with Crippen LogP contribution in [0.5, 0.6) is 0 Å². The van der Waals surface area contributed by atoms with Crippen molar-refractivity contribution in [2.75, 3.05) is 26.7 Å². The number of hydrogen-bond acceptors (Lipinski definition) is 2. The highest BCUT2D eigenvalue weighted by Gasteiger charge is 2.24. The minimum absolute atomic E-state index is 0.680. The minimum Gasteiger partial charge on any atom is -0.302 e. The molecule has 1 unspecified atom stereocenters. The molecule has 0 aromatic rings. The molecule has 1 atom stereocenters. The van der Waals surface area contributed by atoms with Crippen LogP contribution in [0.15, 0.2) is 0 Å². The summed E-state index contributed by atoms with van der Waals surface area (Å²) < 4.78 is 0. The Kier molecular flexibility index (Phi) is 4.20. The normalized spacial score (nSPS) is 24.9. The molecule has 0 aliphatic carbocycles. The van der Waals surface area contributed by atoms with Crippen LogP contribution in [0.2, 0.25) is 0 Å². The van der Waals surface area contributed by atoms with Crippen LogP contribution >= 0.6 is 0 Å². The molecule has 0 amide bonds. The van der Waals surface area contributed by atoms with Crippen LogP contribution in [0.1, 0.15) is 33.6 Å². The van der Waals surface area contributed by atoms with Gasteiger partial charge in [0.1, 0.15) is 0 Å². The Bertz CT molecular complexity index is 145. The fourth-order valence-electron chi connectivity index (χ4n) is 2.06. The average Bonchev–Trinajstić information content (AvgIpc) is 2.51.